The molecule has 0 spiro atoms. The predicted octanol–water partition coefficient (Wildman–Crippen LogP) is 1.86. The largest absolute Gasteiger partial charge is 0.325 e. The number of carbonyl (C=O) groups is 1. The zero-order valence-corrected chi connectivity index (χ0v) is 11.6. The Bertz CT molecular complexity index is 474. The number of hydrogen-bond donors (Lipinski definition) is 2. The molecule has 3 nitrogen and oxygen atoms in total. The maximum absolute atomic E-state index is 11.6. The molecule has 0 saturated heterocycles. The van der Waals surface area contributed by atoms with Crippen molar-refractivity contribution in [2.75, 3.05) is 23.9 Å². The van der Waals surface area contributed by atoms with E-state index in [0.717, 1.165) is 23.2 Å². The van der Waals surface area contributed by atoms with Gasteiger partial charge in [0.2, 0.25) is 5.91 Å². The van der Waals surface area contributed by atoms with Crippen molar-refractivity contribution in [1.29, 1.82) is 0 Å². The lowest BCUT2D eigenvalue weighted by atomic mass is 10.1. The predicted molar refractivity (Wildman–Crippen MR) is 78.8 cm³/mol. The molecule has 0 aromatic heterocycles. The number of anilines is 1. The molecule has 0 aliphatic heterocycles. The van der Waals surface area contributed by atoms with Gasteiger partial charge in [-0.1, -0.05) is 18.8 Å². The highest BCUT2D eigenvalue weighted by molar-refractivity contribution is 7.99. The smallest absolute Gasteiger partial charge is 0.234 e. The number of aryl methyl sites for hydroxylation is 1. The molecule has 0 radical (unpaired) electrons. The maximum atomic E-state index is 11.6. The molecule has 3 N–H and O–H groups in total. The standard InChI is InChI=1S/C14H18N2OS/c1-3-12-9-11(5-4-8-15)6-7-13(12)16-14(17)10-18-2/h6-7,9H,3,8,10,15H2,1-2H3,(H,16,17). The van der Waals surface area contributed by atoms with E-state index in [1.54, 1.807) is 0 Å². The summed E-state index contributed by atoms with van der Waals surface area (Å²) < 4.78 is 0. The fraction of sp³-hybridized carbons (Fsp3) is 0.357. The lowest BCUT2D eigenvalue weighted by Gasteiger charge is -2.09. The SMILES string of the molecule is CCc1cc(C#CCN)ccc1NC(=O)CSC. The van der Waals surface area contributed by atoms with E-state index in [4.69, 9.17) is 5.73 Å². The molecule has 0 aliphatic carbocycles. The van der Waals surface area contributed by atoms with Gasteiger partial charge in [0.1, 0.15) is 0 Å². The van der Waals surface area contributed by atoms with Crippen LogP contribution in [0.15, 0.2) is 18.2 Å². The second kappa shape index (κ2) is 7.80. The van der Waals surface area contributed by atoms with E-state index in [0.29, 0.717) is 12.3 Å². The number of amides is 1. The zero-order chi connectivity index (χ0) is 13.4. The number of rotatable bonds is 4. The van der Waals surface area contributed by atoms with Gasteiger partial charge in [0.15, 0.2) is 0 Å². The third-order valence-electron chi connectivity index (χ3n) is 2.37. The first-order valence-corrected chi connectivity index (χ1v) is 7.21. The van der Waals surface area contributed by atoms with Crippen LogP contribution in [0.1, 0.15) is 18.1 Å². The van der Waals surface area contributed by atoms with Crippen molar-refractivity contribution >= 4 is 23.4 Å². The van der Waals surface area contributed by atoms with Crippen LogP contribution >= 0.6 is 11.8 Å². The van der Waals surface area contributed by atoms with Gasteiger partial charge in [0.25, 0.3) is 0 Å². The number of benzene rings is 1. The number of nitrogens with two attached hydrogens (primary N) is 1. The molecule has 0 heterocycles. The lowest BCUT2D eigenvalue weighted by molar-refractivity contribution is -0.113. The van der Waals surface area contributed by atoms with E-state index in [2.05, 4.69) is 24.1 Å². The molecule has 0 bridgehead atoms. The van der Waals surface area contributed by atoms with Crippen molar-refractivity contribution in [3.05, 3.63) is 29.3 Å². The molecule has 1 aromatic rings. The van der Waals surface area contributed by atoms with E-state index in [1.165, 1.54) is 11.8 Å². The monoisotopic (exact) mass is 262 g/mol. The summed E-state index contributed by atoms with van der Waals surface area (Å²) in [5.41, 5.74) is 8.24. The van der Waals surface area contributed by atoms with Gasteiger partial charge in [-0.15, -0.1) is 0 Å². The minimum absolute atomic E-state index is 0.0259. The molecule has 0 fully saturated rings. The van der Waals surface area contributed by atoms with Crippen LogP contribution in [0.4, 0.5) is 5.69 Å². The Morgan fingerprint density at radius 1 is 1.50 bits per heavy atom. The topological polar surface area (TPSA) is 55.1 Å². The number of hydrogen-bond acceptors (Lipinski definition) is 3. The molecule has 1 rings (SSSR count). The molecule has 1 aromatic carbocycles. The summed E-state index contributed by atoms with van der Waals surface area (Å²) >= 11 is 1.51. The summed E-state index contributed by atoms with van der Waals surface area (Å²) in [7, 11) is 0. The highest BCUT2D eigenvalue weighted by Gasteiger charge is 2.05. The van der Waals surface area contributed by atoms with Crippen molar-refractivity contribution in [2.45, 2.75) is 13.3 Å². The number of carbonyl (C=O) groups excluding carboxylic acids is 1. The van der Waals surface area contributed by atoms with Crippen molar-refractivity contribution in [3.63, 3.8) is 0 Å². The maximum Gasteiger partial charge on any atom is 0.234 e. The summed E-state index contributed by atoms with van der Waals surface area (Å²) in [6.07, 6.45) is 2.76. The van der Waals surface area contributed by atoms with E-state index < -0.39 is 0 Å². The average molecular weight is 262 g/mol. The van der Waals surface area contributed by atoms with Gasteiger partial charge in [-0.05, 0) is 36.4 Å². The van der Waals surface area contributed by atoms with Crippen LogP contribution in [0.25, 0.3) is 0 Å². The third kappa shape index (κ3) is 4.44. The molecule has 0 aliphatic rings. The van der Waals surface area contributed by atoms with Crippen molar-refractivity contribution in [3.8, 4) is 11.8 Å². The van der Waals surface area contributed by atoms with Crippen LogP contribution in [-0.4, -0.2) is 24.5 Å². The highest BCUT2D eigenvalue weighted by Crippen LogP contribution is 2.18. The van der Waals surface area contributed by atoms with Gasteiger partial charge in [-0.25, -0.2) is 0 Å². The number of thioether (sulfide) groups is 1. The van der Waals surface area contributed by atoms with Crippen LogP contribution in [0.2, 0.25) is 0 Å². The van der Waals surface area contributed by atoms with Crippen molar-refractivity contribution in [2.24, 2.45) is 5.73 Å². The normalized spacial score (nSPS) is 9.50. The van der Waals surface area contributed by atoms with E-state index in [9.17, 15) is 4.79 Å². The Balaban J connectivity index is 2.89. The first-order chi connectivity index (χ1) is 8.71. The molecule has 4 heteroatoms. The van der Waals surface area contributed by atoms with Crippen LogP contribution in [-0.2, 0) is 11.2 Å². The molecular formula is C14H18N2OS. The van der Waals surface area contributed by atoms with Crippen molar-refractivity contribution < 1.29 is 4.79 Å². The van der Waals surface area contributed by atoms with Gasteiger partial charge in [-0.3, -0.25) is 4.79 Å². The fourth-order valence-corrected chi connectivity index (χ4v) is 1.89. The molecule has 96 valence electrons. The molecular weight excluding hydrogens is 244 g/mol. The average Bonchev–Trinajstić information content (AvgIpc) is 2.37. The molecule has 1 amide bonds. The summed E-state index contributed by atoms with van der Waals surface area (Å²) in [5, 5.41) is 2.91. The van der Waals surface area contributed by atoms with Crippen molar-refractivity contribution in [1.82, 2.24) is 0 Å². The summed E-state index contributed by atoms with van der Waals surface area (Å²) in [5.74, 6) is 6.31. The van der Waals surface area contributed by atoms with Gasteiger partial charge in [0, 0.05) is 11.3 Å². The van der Waals surface area contributed by atoms with Crippen LogP contribution in [0.3, 0.4) is 0 Å². The van der Waals surface area contributed by atoms with Crippen LogP contribution < -0.4 is 11.1 Å². The second-order valence-corrected chi connectivity index (χ2v) is 4.58. The summed E-state index contributed by atoms with van der Waals surface area (Å²) in [4.78, 5) is 11.6. The molecule has 0 unspecified atom stereocenters. The fourth-order valence-electron chi connectivity index (χ4n) is 1.56. The van der Waals surface area contributed by atoms with Gasteiger partial charge >= 0.3 is 0 Å². The highest BCUT2D eigenvalue weighted by atomic mass is 32.2. The lowest BCUT2D eigenvalue weighted by Crippen LogP contribution is -2.15. The Hall–Kier alpha value is -1.44. The summed E-state index contributed by atoms with van der Waals surface area (Å²) in [6, 6.07) is 5.80. The number of nitrogens with one attached hydrogen (secondary N) is 1. The van der Waals surface area contributed by atoms with Crippen LogP contribution in [0.5, 0.6) is 0 Å². The minimum Gasteiger partial charge on any atom is -0.325 e. The van der Waals surface area contributed by atoms with Crippen LogP contribution in [0, 0.1) is 11.8 Å². The van der Waals surface area contributed by atoms with E-state index >= 15 is 0 Å². The van der Waals surface area contributed by atoms with E-state index in [1.807, 2.05) is 24.5 Å². The van der Waals surface area contributed by atoms with Gasteiger partial charge in [-0.2, -0.15) is 11.8 Å². The van der Waals surface area contributed by atoms with Gasteiger partial charge in [0.05, 0.1) is 12.3 Å². The second-order valence-electron chi connectivity index (χ2n) is 3.71. The molecule has 0 saturated carbocycles. The minimum atomic E-state index is 0.0259. The first kappa shape index (κ1) is 14.6. The zero-order valence-electron chi connectivity index (χ0n) is 10.7. The Labute approximate surface area is 113 Å². The molecule has 0 atom stereocenters. The Kier molecular flexibility index (Phi) is 6.34. The third-order valence-corrected chi connectivity index (χ3v) is 2.92. The quantitative estimate of drug-likeness (QED) is 0.814. The first-order valence-electron chi connectivity index (χ1n) is 5.82. The van der Waals surface area contributed by atoms with Gasteiger partial charge < -0.3 is 11.1 Å². The molecule has 18 heavy (non-hydrogen) atoms. The summed E-state index contributed by atoms with van der Waals surface area (Å²) in [6.45, 7) is 2.41. The Morgan fingerprint density at radius 3 is 2.89 bits per heavy atom. The van der Waals surface area contributed by atoms with E-state index in [-0.39, 0.29) is 5.91 Å². The Morgan fingerprint density at radius 2 is 2.28 bits per heavy atom.